The molecule has 3 aromatic rings. The predicted molar refractivity (Wildman–Crippen MR) is 172 cm³/mol. The number of carboxylic acid groups (broad SMARTS) is 1. The van der Waals surface area contributed by atoms with Crippen molar-refractivity contribution in [2.24, 2.45) is 5.41 Å². The van der Waals surface area contributed by atoms with Crippen molar-refractivity contribution in [1.29, 1.82) is 0 Å². The molecular weight excluding hydrogens is 550 g/mol. The first kappa shape index (κ1) is 31.0. The van der Waals surface area contributed by atoms with Gasteiger partial charge in [-0.2, -0.15) is 0 Å². The Morgan fingerprint density at radius 3 is 2.36 bits per heavy atom. The molecular formula is C35H51N7O2. The van der Waals surface area contributed by atoms with E-state index < -0.39 is 11.4 Å². The Kier molecular flexibility index (Phi) is 9.54. The second kappa shape index (κ2) is 13.5. The van der Waals surface area contributed by atoms with Crippen LogP contribution in [0.5, 0.6) is 0 Å². The molecule has 2 aromatic heterocycles. The quantitative estimate of drug-likeness (QED) is 0.245. The van der Waals surface area contributed by atoms with E-state index in [2.05, 4.69) is 61.4 Å². The Bertz CT molecular complexity index is 1340. The van der Waals surface area contributed by atoms with Gasteiger partial charge in [-0.05, 0) is 94.1 Å². The highest BCUT2D eigenvalue weighted by Gasteiger charge is 2.51. The van der Waals surface area contributed by atoms with E-state index in [9.17, 15) is 9.90 Å². The summed E-state index contributed by atoms with van der Waals surface area (Å²) in [5.41, 5.74) is 1.95. The Hall–Kier alpha value is -3.01. The van der Waals surface area contributed by atoms with E-state index in [0.29, 0.717) is 18.5 Å². The van der Waals surface area contributed by atoms with Gasteiger partial charge in [0, 0.05) is 50.5 Å². The van der Waals surface area contributed by atoms with Crippen LogP contribution in [0.15, 0.2) is 49.1 Å². The van der Waals surface area contributed by atoms with Crippen LogP contribution in [0.25, 0.3) is 0 Å². The number of imidazole rings is 2. The summed E-state index contributed by atoms with van der Waals surface area (Å²) in [6.07, 6.45) is 16.9. The first-order chi connectivity index (χ1) is 21.4. The van der Waals surface area contributed by atoms with Gasteiger partial charge in [0.25, 0.3) is 0 Å². The molecule has 0 bridgehead atoms. The fourth-order valence-corrected chi connectivity index (χ4v) is 7.86. The third-order valence-electron chi connectivity index (χ3n) is 10.9. The summed E-state index contributed by atoms with van der Waals surface area (Å²) in [5, 5.41) is 9.68. The van der Waals surface area contributed by atoms with E-state index in [-0.39, 0.29) is 0 Å². The fourth-order valence-electron chi connectivity index (χ4n) is 7.86. The van der Waals surface area contributed by atoms with Crippen molar-refractivity contribution in [1.82, 2.24) is 34.2 Å². The predicted octanol–water partition coefficient (Wildman–Crippen LogP) is 5.29. The van der Waals surface area contributed by atoms with E-state index in [1.165, 1.54) is 58.3 Å². The molecule has 2 aliphatic heterocycles. The SMILES string of the molecule is CCC(CC)N1CCC2(CCN(CCCn3ccnc3CN(Cc3ccc(C4(C(=O)O)CC4)cc3)Cc3ncc[nH]3)C2)CC1. The number of aromatic nitrogens is 4. The van der Waals surface area contributed by atoms with Gasteiger partial charge in [-0.1, -0.05) is 38.1 Å². The van der Waals surface area contributed by atoms with Crippen LogP contribution in [0.4, 0.5) is 0 Å². The lowest BCUT2D eigenvalue weighted by Crippen LogP contribution is -2.45. The number of piperidine rings is 1. The molecule has 44 heavy (non-hydrogen) atoms. The molecule has 9 nitrogen and oxygen atoms in total. The first-order valence-electron chi connectivity index (χ1n) is 16.9. The van der Waals surface area contributed by atoms with E-state index in [4.69, 9.17) is 4.98 Å². The zero-order valence-corrected chi connectivity index (χ0v) is 26.8. The molecule has 4 heterocycles. The van der Waals surface area contributed by atoms with Gasteiger partial charge in [0.2, 0.25) is 0 Å². The minimum Gasteiger partial charge on any atom is -0.481 e. The molecule has 0 amide bonds. The van der Waals surface area contributed by atoms with Crippen molar-refractivity contribution in [3.63, 3.8) is 0 Å². The number of carbonyl (C=O) groups is 1. The van der Waals surface area contributed by atoms with Crippen LogP contribution in [0.2, 0.25) is 0 Å². The van der Waals surface area contributed by atoms with E-state index in [1.54, 1.807) is 6.20 Å². The molecule has 1 saturated carbocycles. The van der Waals surface area contributed by atoms with Gasteiger partial charge in [-0.15, -0.1) is 0 Å². The van der Waals surface area contributed by atoms with Gasteiger partial charge in [0.15, 0.2) is 0 Å². The monoisotopic (exact) mass is 601 g/mol. The van der Waals surface area contributed by atoms with Crippen LogP contribution in [-0.2, 0) is 36.4 Å². The Labute approximate surface area is 262 Å². The van der Waals surface area contributed by atoms with Crippen LogP contribution >= 0.6 is 0 Å². The maximum atomic E-state index is 11.8. The fraction of sp³-hybridized carbons (Fsp3) is 0.629. The molecule has 0 unspecified atom stereocenters. The summed E-state index contributed by atoms with van der Waals surface area (Å²) < 4.78 is 2.32. The molecule has 9 heteroatoms. The normalized spacial score (nSPS) is 19.8. The number of aromatic amines is 1. The number of likely N-dealkylation sites (tertiary alicyclic amines) is 2. The molecule has 2 N–H and O–H groups in total. The summed E-state index contributed by atoms with van der Waals surface area (Å²) in [5.74, 6) is 1.29. The molecule has 1 aromatic carbocycles. The maximum Gasteiger partial charge on any atom is 0.314 e. The van der Waals surface area contributed by atoms with Crippen LogP contribution in [0.1, 0.15) is 88.0 Å². The average molecular weight is 602 g/mol. The van der Waals surface area contributed by atoms with Crippen LogP contribution < -0.4 is 0 Å². The number of nitrogens with zero attached hydrogens (tertiary/aromatic N) is 6. The molecule has 6 rings (SSSR count). The molecule has 0 radical (unpaired) electrons. The lowest BCUT2D eigenvalue weighted by Gasteiger charge is -2.42. The number of carboxylic acids is 1. The summed E-state index contributed by atoms with van der Waals surface area (Å²) in [7, 11) is 0. The summed E-state index contributed by atoms with van der Waals surface area (Å²) in [6, 6.07) is 8.93. The minimum atomic E-state index is -0.710. The minimum absolute atomic E-state index is 0.542. The zero-order chi connectivity index (χ0) is 30.6. The van der Waals surface area contributed by atoms with Crippen LogP contribution in [0.3, 0.4) is 0 Å². The highest BCUT2D eigenvalue weighted by atomic mass is 16.4. The van der Waals surface area contributed by atoms with Crippen molar-refractivity contribution >= 4 is 5.97 Å². The Morgan fingerprint density at radius 1 is 0.955 bits per heavy atom. The number of nitrogens with one attached hydrogen (secondary N) is 1. The topological polar surface area (TPSA) is 93.5 Å². The molecule has 0 atom stereocenters. The smallest absolute Gasteiger partial charge is 0.314 e. The lowest BCUT2D eigenvalue weighted by atomic mass is 9.77. The summed E-state index contributed by atoms with van der Waals surface area (Å²) in [6.45, 7) is 14.0. The number of aryl methyl sites for hydroxylation is 1. The second-order valence-electron chi connectivity index (χ2n) is 13.7. The number of hydrogen-bond donors (Lipinski definition) is 2. The standard InChI is InChI=1S/C35H51N7O2/c1-3-30(4-2)41-21-13-34(14-22-41)12-20-39(27-34)18-5-19-42-23-17-38-32(42)26-40(25-31-36-15-16-37-31)24-28-6-8-29(9-7-28)35(10-11-35)33(43)44/h6-9,15-17,23,30H,3-5,10-14,18-22,24-27H2,1-2H3,(H,36,37)(H,43,44). The Balaban J connectivity index is 1.02. The third kappa shape index (κ3) is 6.95. The average Bonchev–Trinajstić information content (AvgIpc) is 3.28. The van der Waals surface area contributed by atoms with Crippen molar-refractivity contribution in [3.8, 4) is 0 Å². The molecule has 1 spiro atoms. The van der Waals surface area contributed by atoms with Crippen LogP contribution in [-0.4, -0.2) is 84.1 Å². The van der Waals surface area contributed by atoms with E-state index >= 15 is 0 Å². The lowest BCUT2D eigenvalue weighted by molar-refractivity contribution is -0.140. The highest BCUT2D eigenvalue weighted by Crippen LogP contribution is 2.48. The van der Waals surface area contributed by atoms with Gasteiger partial charge in [-0.3, -0.25) is 9.69 Å². The molecule has 238 valence electrons. The summed E-state index contributed by atoms with van der Waals surface area (Å²) in [4.78, 5) is 32.1. The molecule has 3 fully saturated rings. The number of benzene rings is 1. The number of rotatable bonds is 15. The summed E-state index contributed by atoms with van der Waals surface area (Å²) >= 11 is 0. The molecule has 3 aliphatic rings. The Morgan fingerprint density at radius 2 is 1.70 bits per heavy atom. The van der Waals surface area contributed by atoms with Gasteiger partial charge in [-0.25, -0.2) is 9.97 Å². The van der Waals surface area contributed by atoms with Crippen molar-refractivity contribution in [2.75, 3.05) is 32.7 Å². The van der Waals surface area contributed by atoms with E-state index in [0.717, 1.165) is 67.7 Å². The number of H-pyrrole nitrogens is 1. The van der Waals surface area contributed by atoms with Crippen molar-refractivity contribution in [3.05, 3.63) is 71.8 Å². The maximum absolute atomic E-state index is 11.8. The second-order valence-corrected chi connectivity index (χ2v) is 13.7. The van der Waals surface area contributed by atoms with Crippen LogP contribution in [0, 0.1) is 5.41 Å². The van der Waals surface area contributed by atoms with Gasteiger partial charge in [0.1, 0.15) is 11.6 Å². The van der Waals surface area contributed by atoms with Crippen molar-refractivity contribution in [2.45, 2.75) is 103 Å². The number of aliphatic carboxylic acids is 1. The van der Waals surface area contributed by atoms with Gasteiger partial charge >= 0.3 is 5.97 Å². The third-order valence-corrected chi connectivity index (χ3v) is 10.9. The largest absolute Gasteiger partial charge is 0.481 e. The molecule has 1 aliphatic carbocycles. The van der Waals surface area contributed by atoms with Gasteiger partial charge < -0.3 is 24.5 Å². The number of hydrogen-bond acceptors (Lipinski definition) is 6. The first-order valence-corrected chi connectivity index (χ1v) is 16.9. The van der Waals surface area contributed by atoms with Gasteiger partial charge in [0.05, 0.1) is 18.5 Å². The van der Waals surface area contributed by atoms with E-state index in [1.807, 2.05) is 24.5 Å². The highest BCUT2D eigenvalue weighted by molar-refractivity contribution is 5.84. The van der Waals surface area contributed by atoms with Crippen molar-refractivity contribution < 1.29 is 9.90 Å². The molecule has 2 saturated heterocycles. The zero-order valence-electron chi connectivity index (χ0n) is 26.8.